The number of aromatic nitrogens is 2. The molecule has 0 unspecified atom stereocenters. The second-order valence-electron chi connectivity index (χ2n) is 6.41. The Kier molecular flexibility index (Phi) is 4.32. The molecule has 4 rings (SSSR count). The number of anilines is 1. The van der Waals surface area contributed by atoms with Crippen LogP contribution in [-0.4, -0.2) is 18.6 Å². The van der Waals surface area contributed by atoms with E-state index in [2.05, 4.69) is 14.9 Å². The van der Waals surface area contributed by atoms with Gasteiger partial charge in [0.15, 0.2) is 0 Å². The number of thiophene rings is 1. The van der Waals surface area contributed by atoms with Crippen molar-refractivity contribution in [1.29, 1.82) is 0 Å². The van der Waals surface area contributed by atoms with E-state index in [0.717, 1.165) is 41.7 Å². The van der Waals surface area contributed by atoms with Crippen LogP contribution < -0.4 is 4.72 Å². The lowest BCUT2D eigenvalue weighted by Gasteiger charge is -2.13. The largest absolute Gasteiger partial charge is 0.420 e. The lowest BCUT2D eigenvalue weighted by molar-refractivity contribution is 0.509. The lowest BCUT2D eigenvalue weighted by atomic mass is 10.1. The van der Waals surface area contributed by atoms with Gasteiger partial charge in [0, 0.05) is 5.92 Å². The van der Waals surface area contributed by atoms with E-state index in [0.29, 0.717) is 28.3 Å². The van der Waals surface area contributed by atoms with Crippen molar-refractivity contribution in [2.75, 3.05) is 4.72 Å². The molecule has 26 heavy (non-hydrogen) atoms. The maximum atomic E-state index is 12.8. The molecule has 0 atom stereocenters. The number of nitrogens with one attached hydrogen (secondary N) is 1. The van der Waals surface area contributed by atoms with Crippen LogP contribution in [-0.2, 0) is 16.4 Å². The summed E-state index contributed by atoms with van der Waals surface area (Å²) < 4.78 is 34.3. The van der Waals surface area contributed by atoms with Crippen LogP contribution in [0.3, 0.4) is 0 Å². The summed E-state index contributed by atoms with van der Waals surface area (Å²) in [6.07, 6.45) is 2.90. The zero-order valence-corrected chi connectivity index (χ0v) is 16.2. The molecule has 1 aliphatic carbocycles. The van der Waals surface area contributed by atoms with Gasteiger partial charge in [0.25, 0.3) is 15.9 Å². The first-order valence-electron chi connectivity index (χ1n) is 8.53. The smallest absolute Gasteiger partial charge is 0.271 e. The standard InChI is InChI=1S/C18H19N3O3S2/c1-3-12-6-4-5-11(2)16(12)21-26(22,23)15-10-9-14(25-15)18-20-19-17(24-18)13-7-8-13/h4-6,9-10,13,21H,3,7-8H2,1-2H3. The van der Waals surface area contributed by atoms with Crippen molar-refractivity contribution in [1.82, 2.24) is 10.2 Å². The Bertz CT molecular complexity index is 1050. The Morgan fingerprint density at radius 3 is 2.77 bits per heavy atom. The molecule has 1 aliphatic rings. The van der Waals surface area contributed by atoms with E-state index in [1.807, 2.05) is 32.0 Å². The minimum absolute atomic E-state index is 0.226. The first-order valence-corrected chi connectivity index (χ1v) is 10.8. The van der Waals surface area contributed by atoms with Gasteiger partial charge in [0.1, 0.15) is 4.21 Å². The Hall–Kier alpha value is -2.19. The molecule has 0 saturated heterocycles. The second-order valence-corrected chi connectivity index (χ2v) is 9.40. The highest BCUT2D eigenvalue weighted by Crippen LogP contribution is 2.41. The molecular formula is C18H19N3O3S2. The zero-order chi connectivity index (χ0) is 18.3. The number of sulfonamides is 1. The van der Waals surface area contributed by atoms with E-state index in [-0.39, 0.29) is 4.21 Å². The molecule has 6 nitrogen and oxygen atoms in total. The first kappa shape index (κ1) is 17.2. The van der Waals surface area contributed by atoms with Crippen molar-refractivity contribution in [2.24, 2.45) is 0 Å². The van der Waals surface area contributed by atoms with Gasteiger partial charge < -0.3 is 4.42 Å². The van der Waals surface area contributed by atoms with Gasteiger partial charge in [-0.05, 0) is 49.4 Å². The molecule has 0 aliphatic heterocycles. The molecule has 1 N–H and O–H groups in total. The van der Waals surface area contributed by atoms with Crippen LogP contribution in [0.1, 0.15) is 42.7 Å². The lowest BCUT2D eigenvalue weighted by Crippen LogP contribution is -2.13. The fourth-order valence-electron chi connectivity index (χ4n) is 2.76. The fourth-order valence-corrected chi connectivity index (χ4v) is 5.16. The molecule has 0 bridgehead atoms. The van der Waals surface area contributed by atoms with Crippen LogP contribution in [0.25, 0.3) is 10.8 Å². The van der Waals surface area contributed by atoms with Crippen LogP contribution >= 0.6 is 11.3 Å². The van der Waals surface area contributed by atoms with Crippen molar-refractivity contribution in [2.45, 2.75) is 43.2 Å². The summed E-state index contributed by atoms with van der Waals surface area (Å²) in [7, 11) is -3.67. The summed E-state index contributed by atoms with van der Waals surface area (Å²) in [4.78, 5) is 0.658. The maximum Gasteiger partial charge on any atom is 0.271 e. The van der Waals surface area contributed by atoms with Crippen LogP contribution in [0.2, 0.25) is 0 Å². The Labute approximate surface area is 156 Å². The number of hydrogen-bond donors (Lipinski definition) is 1. The van der Waals surface area contributed by atoms with Gasteiger partial charge in [0.2, 0.25) is 5.89 Å². The molecule has 0 amide bonds. The number of aryl methyl sites for hydroxylation is 2. The summed E-state index contributed by atoms with van der Waals surface area (Å²) in [5, 5.41) is 8.10. The van der Waals surface area contributed by atoms with Gasteiger partial charge in [-0.15, -0.1) is 21.5 Å². The molecule has 8 heteroatoms. The van der Waals surface area contributed by atoms with E-state index in [1.165, 1.54) is 0 Å². The van der Waals surface area contributed by atoms with Crippen LogP contribution in [0.4, 0.5) is 5.69 Å². The SMILES string of the molecule is CCc1cccc(C)c1NS(=O)(=O)c1ccc(-c2nnc(C3CC3)o2)s1. The molecule has 1 fully saturated rings. The molecule has 136 valence electrons. The minimum atomic E-state index is -3.67. The summed E-state index contributed by atoms with van der Waals surface area (Å²) in [6.45, 7) is 3.90. The van der Waals surface area contributed by atoms with Gasteiger partial charge >= 0.3 is 0 Å². The van der Waals surface area contributed by atoms with E-state index >= 15 is 0 Å². The molecular weight excluding hydrogens is 370 g/mol. The van der Waals surface area contributed by atoms with Gasteiger partial charge in [0.05, 0.1) is 10.6 Å². The molecule has 2 aromatic heterocycles. The van der Waals surface area contributed by atoms with Crippen LogP contribution in [0.5, 0.6) is 0 Å². The molecule has 1 saturated carbocycles. The maximum absolute atomic E-state index is 12.8. The molecule has 0 spiro atoms. The van der Waals surface area contributed by atoms with Crippen LogP contribution in [0, 0.1) is 6.92 Å². The quantitative estimate of drug-likeness (QED) is 0.677. The summed E-state index contributed by atoms with van der Waals surface area (Å²) in [6, 6.07) is 9.05. The van der Waals surface area contributed by atoms with E-state index < -0.39 is 10.0 Å². The van der Waals surface area contributed by atoms with Crippen molar-refractivity contribution in [3.05, 3.63) is 47.3 Å². The van der Waals surface area contributed by atoms with Crippen LogP contribution in [0.15, 0.2) is 39.0 Å². The zero-order valence-electron chi connectivity index (χ0n) is 14.5. The van der Waals surface area contributed by atoms with Gasteiger partial charge in [-0.3, -0.25) is 4.72 Å². The Morgan fingerprint density at radius 2 is 2.04 bits per heavy atom. The fraction of sp³-hybridized carbons (Fsp3) is 0.333. The highest BCUT2D eigenvalue weighted by Gasteiger charge is 2.30. The van der Waals surface area contributed by atoms with Crippen molar-refractivity contribution >= 4 is 27.0 Å². The van der Waals surface area contributed by atoms with Crippen molar-refractivity contribution < 1.29 is 12.8 Å². The third-order valence-corrected chi connectivity index (χ3v) is 7.32. The van der Waals surface area contributed by atoms with E-state index in [4.69, 9.17) is 4.42 Å². The predicted octanol–water partition coefficient (Wildman–Crippen LogP) is 4.35. The Balaban J connectivity index is 1.61. The number of benzene rings is 1. The average molecular weight is 390 g/mol. The Morgan fingerprint density at radius 1 is 1.23 bits per heavy atom. The minimum Gasteiger partial charge on any atom is -0.420 e. The number of nitrogens with zero attached hydrogens (tertiary/aromatic N) is 2. The van der Waals surface area contributed by atoms with Gasteiger partial charge in [-0.1, -0.05) is 25.1 Å². The summed E-state index contributed by atoms with van der Waals surface area (Å²) in [5.74, 6) is 1.39. The highest BCUT2D eigenvalue weighted by atomic mass is 32.2. The highest BCUT2D eigenvalue weighted by molar-refractivity contribution is 7.94. The molecule has 3 aromatic rings. The monoisotopic (exact) mass is 389 g/mol. The van der Waals surface area contributed by atoms with Crippen molar-refractivity contribution in [3.63, 3.8) is 0 Å². The first-order chi connectivity index (χ1) is 12.5. The third-order valence-electron chi connectivity index (χ3n) is 4.40. The molecule has 2 heterocycles. The van der Waals surface area contributed by atoms with Gasteiger partial charge in [-0.2, -0.15) is 0 Å². The normalized spacial score (nSPS) is 14.5. The van der Waals surface area contributed by atoms with E-state index in [1.54, 1.807) is 12.1 Å². The summed E-state index contributed by atoms with van der Waals surface area (Å²) in [5.41, 5.74) is 2.52. The number of rotatable bonds is 6. The average Bonchev–Trinajstić information content (AvgIpc) is 3.14. The predicted molar refractivity (Wildman–Crippen MR) is 101 cm³/mol. The molecule has 0 radical (unpaired) electrons. The molecule has 1 aromatic carbocycles. The topological polar surface area (TPSA) is 85.1 Å². The second kappa shape index (κ2) is 6.51. The van der Waals surface area contributed by atoms with Gasteiger partial charge in [-0.25, -0.2) is 8.42 Å². The number of para-hydroxylation sites is 1. The van der Waals surface area contributed by atoms with E-state index in [9.17, 15) is 8.42 Å². The van der Waals surface area contributed by atoms with Crippen molar-refractivity contribution in [3.8, 4) is 10.8 Å². The summed E-state index contributed by atoms with van der Waals surface area (Å²) >= 11 is 1.13. The third kappa shape index (κ3) is 3.26. The number of hydrogen-bond acceptors (Lipinski definition) is 6.